The van der Waals surface area contributed by atoms with E-state index in [0.29, 0.717) is 5.84 Å². The minimum Gasteiger partial charge on any atom is -0.384 e. The van der Waals surface area contributed by atoms with E-state index in [1.165, 1.54) is 5.57 Å². The maximum Gasteiger partial charge on any atom is 0.118 e. The van der Waals surface area contributed by atoms with Crippen LogP contribution in [0.15, 0.2) is 16.6 Å². The summed E-state index contributed by atoms with van der Waals surface area (Å²) in [6.45, 7) is 7.38. The summed E-state index contributed by atoms with van der Waals surface area (Å²) in [5, 5.41) is 0. The molecule has 0 aliphatic carbocycles. The van der Waals surface area contributed by atoms with Crippen molar-refractivity contribution in [2.75, 3.05) is 6.54 Å². The van der Waals surface area contributed by atoms with E-state index in [1.807, 2.05) is 6.08 Å². The van der Waals surface area contributed by atoms with Gasteiger partial charge in [0.05, 0.1) is 0 Å². The normalized spacial score (nSPS) is 23.5. The molecule has 0 saturated heterocycles. The van der Waals surface area contributed by atoms with Gasteiger partial charge in [0, 0.05) is 6.54 Å². The molecule has 2 heteroatoms. The van der Waals surface area contributed by atoms with Crippen LogP contribution in [0.25, 0.3) is 0 Å². The largest absolute Gasteiger partial charge is 0.384 e. The van der Waals surface area contributed by atoms with Crippen LogP contribution in [0.1, 0.15) is 27.2 Å². The summed E-state index contributed by atoms with van der Waals surface area (Å²) in [5.74, 6) is 0.674. The van der Waals surface area contributed by atoms with Gasteiger partial charge in [-0.2, -0.15) is 0 Å². The molecule has 0 bridgehead atoms. The fourth-order valence-electron chi connectivity index (χ4n) is 1.47. The van der Waals surface area contributed by atoms with Crippen molar-refractivity contribution in [3.8, 4) is 0 Å². The van der Waals surface area contributed by atoms with Crippen molar-refractivity contribution in [3.63, 3.8) is 0 Å². The summed E-state index contributed by atoms with van der Waals surface area (Å²) >= 11 is 0. The third kappa shape index (κ3) is 2.37. The highest BCUT2D eigenvalue weighted by molar-refractivity contribution is 5.92. The number of amidine groups is 1. The standard InChI is InChI=1S/C9H16N2/c1-7-4-8(10)11-6-9(2,3)5-7/h4H,5-6H2,1-3H3,(H2,10,11). The third-order valence-electron chi connectivity index (χ3n) is 1.84. The van der Waals surface area contributed by atoms with Gasteiger partial charge in [-0.25, -0.2) is 0 Å². The number of hydrogen-bond donors (Lipinski definition) is 1. The van der Waals surface area contributed by atoms with E-state index in [-0.39, 0.29) is 5.41 Å². The number of rotatable bonds is 0. The van der Waals surface area contributed by atoms with Crippen LogP contribution in [-0.4, -0.2) is 12.4 Å². The van der Waals surface area contributed by atoms with Gasteiger partial charge in [-0.3, -0.25) is 4.99 Å². The monoisotopic (exact) mass is 152 g/mol. The second-order valence-corrected chi connectivity index (χ2v) is 4.07. The first kappa shape index (κ1) is 8.31. The minimum atomic E-state index is 0.279. The predicted molar refractivity (Wildman–Crippen MR) is 48.6 cm³/mol. The van der Waals surface area contributed by atoms with Crippen molar-refractivity contribution in [3.05, 3.63) is 11.6 Å². The molecule has 0 saturated carbocycles. The van der Waals surface area contributed by atoms with E-state index in [4.69, 9.17) is 5.73 Å². The molecular weight excluding hydrogens is 136 g/mol. The lowest BCUT2D eigenvalue weighted by Gasteiger charge is -2.20. The van der Waals surface area contributed by atoms with Gasteiger partial charge >= 0.3 is 0 Å². The van der Waals surface area contributed by atoms with Crippen molar-refractivity contribution in [1.29, 1.82) is 0 Å². The van der Waals surface area contributed by atoms with Crippen molar-refractivity contribution in [2.45, 2.75) is 27.2 Å². The molecule has 0 unspecified atom stereocenters. The van der Waals surface area contributed by atoms with Gasteiger partial charge in [-0.05, 0) is 24.8 Å². The molecule has 0 aromatic carbocycles. The molecule has 1 rings (SSSR count). The topological polar surface area (TPSA) is 38.4 Å². The van der Waals surface area contributed by atoms with Crippen LogP contribution < -0.4 is 5.73 Å². The van der Waals surface area contributed by atoms with E-state index < -0.39 is 0 Å². The van der Waals surface area contributed by atoms with Crippen LogP contribution in [0.3, 0.4) is 0 Å². The zero-order valence-corrected chi connectivity index (χ0v) is 7.52. The molecule has 2 nitrogen and oxygen atoms in total. The van der Waals surface area contributed by atoms with Gasteiger partial charge in [-0.1, -0.05) is 19.4 Å². The number of aliphatic imine (C=N–C) groups is 1. The van der Waals surface area contributed by atoms with Gasteiger partial charge in [0.25, 0.3) is 0 Å². The molecule has 0 radical (unpaired) electrons. The van der Waals surface area contributed by atoms with E-state index in [0.717, 1.165) is 13.0 Å². The fraction of sp³-hybridized carbons (Fsp3) is 0.667. The molecular formula is C9H16N2. The summed E-state index contributed by atoms with van der Waals surface area (Å²) in [6, 6.07) is 0. The zero-order chi connectivity index (χ0) is 8.48. The third-order valence-corrected chi connectivity index (χ3v) is 1.84. The molecule has 1 aliphatic rings. The maximum absolute atomic E-state index is 5.62. The molecule has 0 spiro atoms. The smallest absolute Gasteiger partial charge is 0.118 e. The molecule has 2 N–H and O–H groups in total. The van der Waals surface area contributed by atoms with Crippen LogP contribution >= 0.6 is 0 Å². The summed E-state index contributed by atoms with van der Waals surface area (Å²) in [5.41, 5.74) is 7.23. The molecule has 0 fully saturated rings. The van der Waals surface area contributed by atoms with Crippen LogP contribution in [-0.2, 0) is 0 Å². The lowest BCUT2D eigenvalue weighted by Crippen LogP contribution is -2.15. The van der Waals surface area contributed by atoms with Gasteiger partial charge < -0.3 is 5.73 Å². The number of nitrogens with zero attached hydrogens (tertiary/aromatic N) is 1. The SMILES string of the molecule is CC1=CC(N)=NCC(C)(C)C1. The minimum absolute atomic E-state index is 0.279. The first-order valence-electron chi connectivity index (χ1n) is 3.97. The fourth-order valence-corrected chi connectivity index (χ4v) is 1.47. The average Bonchev–Trinajstić information content (AvgIpc) is 1.90. The summed E-state index contributed by atoms with van der Waals surface area (Å²) < 4.78 is 0. The Balaban J connectivity index is 2.83. The zero-order valence-electron chi connectivity index (χ0n) is 7.52. The van der Waals surface area contributed by atoms with Crippen molar-refractivity contribution >= 4 is 5.84 Å². The molecule has 11 heavy (non-hydrogen) atoms. The highest BCUT2D eigenvalue weighted by Gasteiger charge is 2.19. The van der Waals surface area contributed by atoms with Crippen LogP contribution in [0.4, 0.5) is 0 Å². The Hall–Kier alpha value is -0.790. The Morgan fingerprint density at radius 3 is 2.82 bits per heavy atom. The Morgan fingerprint density at radius 1 is 1.55 bits per heavy atom. The summed E-state index contributed by atoms with van der Waals surface area (Å²) in [4.78, 5) is 4.24. The number of nitrogens with two attached hydrogens (primary N) is 1. The molecule has 1 aliphatic heterocycles. The predicted octanol–water partition coefficient (Wildman–Crippen LogP) is 1.72. The lowest BCUT2D eigenvalue weighted by atomic mass is 9.87. The number of allylic oxidation sites excluding steroid dienone is 1. The molecule has 0 atom stereocenters. The molecule has 62 valence electrons. The molecule has 1 heterocycles. The maximum atomic E-state index is 5.62. The van der Waals surface area contributed by atoms with Crippen LogP contribution in [0.5, 0.6) is 0 Å². The van der Waals surface area contributed by atoms with E-state index in [9.17, 15) is 0 Å². The van der Waals surface area contributed by atoms with Crippen LogP contribution in [0.2, 0.25) is 0 Å². The summed E-state index contributed by atoms with van der Waals surface area (Å²) in [7, 11) is 0. The molecule has 0 amide bonds. The van der Waals surface area contributed by atoms with Crippen LogP contribution in [0, 0.1) is 5.41 Å². The van der Waals surface area contributed by atoms with E-state index in [2.05, 4.69) is 25.8 Å². The first-order chi connectivity index (χ1) is 4.99. The Bertz CT molecular complexity index is 212. The summed E-state index contributed by atoms with van der Waals surface area (Å²) in [6.07, 6.45) is 3.06. The first-order valence-corrected chi connectivity index (χ1v) is 3.97. The molecule has 0 aromatic heterocycles. The lowest BCUT2D eigenvalue weighted by molar-refractivity contribution is 0.379. The second kappa shape index (κ2) is 2.68. The quantitative estimate of drug-likeness (QED) is 0.564. The Morgan fingerprint density at radius 2 is 2.18 bits per heavy atom. The number of hydrogen-bond acceptors (Lipinski definition) is 2. The van der Waals surface area contributed by atoms with E-state index in [1.54, 1.807) is 0 Å². The van der Waals surface area contributed by atoms with Crippen molar-refractivity contribution in [1.82, 2.24) is 0 Å². The van der Waals surface area contributed by atoms with Crippen molar-refractivity contribution < 1.29 is 0 Å². The van der Waals surface area contributed by atoms with Gasteiger partial charge in [0.2, 0.25) is 0 Å². The Kier molecular flexibility index (Phi) is 2.03. The Labute approximate surface area is 68.2 Å². The highest BCUT2D eigenvalue weighted by atomic mass is 14.9. The van der Waals surface area contributed by atoms with Gasteiger partial charge in [0.1, 0.15) is 5.84 Å². The van der Waals surface area contributed by atoms with E-state index >= 15 is 0 Å². The van der Waals surface area contributed by atoms with Gasteiger partial charge in [0.15, 0.2) is 0 Å². The second-order valence-electron chi connectivity index (χ2n) is 4.07. The van der Waals surface area contributed by atoms with Crippen molar-refractivity contribution in [2.24, 2.45) is 16.1 Å². The molecule has 0 aromatic rings. The van der Waals surface area contributed by atoms with Gasteiger partial charge in [-0.15, -0.1) is 0 Å². The highest BCUT2D eigenvalue weighted by Crippen LogP contribution is 2.26. The average molecular weight is 152 g/mol.